The second-order valence-corrected chi connectivity index (χ2v) is 6.63. The predicted molar refractivity (Wildman–Crippen MR) is 104 cm³/mol. The standard InChI is InChI=1S/C20H25N5O2/c21-18(26)16-7-4-6-15(12-16)13-23-20(27)24-14-17-8-5-9-22-19(17)25-10-2-1-3-11-25/h4-9,12H,1-3,10-11,13-14H2,(H2,21,26)(H2,23,24,27). The Balaban J connectivity index is 1.54. The lowest BCUT2D eigenvalue weighted by Crippen LogP contribution is -2.36. The van der Waals surface area contributed by atoms with Crippen LogP contribution >= 0.6 is 0 Å². The van der Waals surface area contributed by atoms with Gasteiger partial charge in [0.1, 0.15) is 5.82 Å². The number of urea groups is 1. The Morgan fingerprint density at radius 1 is 1.04 bits per heavy atom. The van der Waals surface area contributed by atoms with Crippen LogP contribution in [0.3, 0.4) is 0 Å². The third-order valence-electron chi connectivity index (χ3n) is 4.63. The summed E-state index contributed by atoms with van der Waals surface area (Å²) in [6, 6.07) is 10.5. The van der Waals surface area contributed by atoms with Crippen LogP contribution in [0.2, 0.25) is 0 Å². The van der Waals surface area contributed by atoms with Crippen LogP contribution in [0.1, 0.15) is 40.7 Å². The van der Waals surface area contributed by atoms with Gasteiger partial charge in [-0.2, -0.15) is 0 Å². The van der Waals surface area contributed by atoms with Crippen LogP contribution in [-0.4, -0.2) is 30.0 Å². The molecule has 2 aromatic rings. The second-order valence-electron chi connectivity index (χ2n) is 6.63. The number of nitrogens with zero attached hydrogens (tertiary/aromatic N) is 2. The molecular weight excluding hydrogens is 342 g/mol. The first kappa shape index (κ1) is 18.7. The van der Waals surface area contributed by atoms with Crippen LogP contribution < -0.4 is 21.3 Å². The Bertz CT molecular complexity index is 802. The first-order valence-corrected chi connectivity index (χ1v) is 9.23. The molecule has 3 rings (SSSR count). The van der Waals surface area contributed by atoms with Gasteiger partial charge in [-0.25, -0.2) is 9.78 Å². The summed E-state index contributed by atoms with van der Waals surface area (Å²) in [7, 11) is 0. The van der Waals surface area contributed by atoms with E-state index in [1.54, 1.807) is 24.4 Å². The number of benzene rings is 1. The van der Waals surface area contributed by atoms with Crippen LogP contribution in [0.15, 0.2) is 42.6 Å². The maximum Gasteiger partial charge on any atom is 0.315 e. The van der Waals surface area contributed by atoms with Gasteiger partial charge in [0.2, 0.25) is 5.91 Å². The van der Waals surface area contributed by atoms with E-state index in [2.05, 4.69) is 20.5 Å². The smallest absolute Gasteiger partial charge is 0.315 e. The van der Waals surface area contributed by atoms with Crippen LogP contribution in [0.25, 0.3) is 0 Å². The van der Waals surface area contributed by atoms with Crippen molar-refractivity contribution in [2.75, 3.05) is 18.0 Å². The van der Waals surface area contributed by atoms with Gasteiger partial charge in [0, 0.05) is 43.5 Å². The van der Waals surface area contributed by atoms with E-state index in [0.29, 0.717) is 18.7 Å². The van der Waals surface area contributed by atoms with Crippen LogP contribution in [0, 0.1) is 0 Å². The normalized spacial score (nSPS) is 13.9. The highest BCUT2D eigenvalue weighted by Gasteiger charge is 2.15. The molecular formula is C20H25N5O2. The lowest BCUT2D eigenvalue weighted by molar-refractivity contribution is 0.1000. The Morgan fingerprint density at radius 2 is 1.81 bits per heavy atom. The molecule has 1 aliphatic heterocycles. The van der Waals surface area contributed by atoms with E-state index in [4.69, 9.17) is 5.73 Å². The molecule has 142 valence electrons. The van der Waals surface area contributed by atoms with E-state index >= 15 is 0 Å². The number of rotatable bonds is 6. The molecule has 0 saturated carbocycles. The van der Waals surface area contributed by atoms with Crippen LogP contribution in [0.5, 0.6) is 0 Å². The summed E-state index contributed by atoms with van der Waals surface area (Å²) < 4.78 is 0. The van der Waals surface area contributed by atoms with Crippen molar-refractivity contribution in [2.45, 2.75) is 32.4 Å². The van der Waals surface area contributed by atoms with Crippen molar-refractivity contribution < 1.29 is 9.59 Å². The van der Waals surface area contributed by atoms with Gasteiger partial charge in [0.15, 0.2) is 0 Å². The van der Waals surface area contributed by atoms with Gasteiger partial charge in [-0.15, -0.1) is 0 Å². The average molecular weight is 367 g/mol. The molecule has 0 spiro atoms. The molecule has 4 N–H and O–H groups in total. The molecule has 0 atom stereocenters. The van der Waals surface area contributed by atoms with Gasteiger partial charge < -0.3 is 21.3 Å². The average Bonchev–Trinajstić information content (AvgIpc) is 2.72. The Hall–Kier alpha value is -3.09. The number of hydrogen-bond acceptors (Lipinski definition) is 4. The van der Waals surface area contributed by atoms with E-state index in [0.717, 1.165) is 30.0 Å². The number of anilines is 1. The fraction of sp³-hybridized carbons (Fsp3) is 0.350. The van der Waals surface area contributed by atoms with Crippen molar-refractivity contribution in [2.24, 2.45) is 5.73 Å². The van der Waals surface area contributed by atoms with Crippen LogP contribution in [-0.2, 0) is 13.1 Å². The Kier molecular flexibility index (Phi) is 6.25. The molecule has 27 heavy (non-hydrogen) atoms. The second kappa shape index (κ2) is 9.02. The van der Waals surface area contributed by atoms with Crippen molar-refractivity contribution in [3.05, 3.63) is 59.3 Å². The summed E-state index contributed by atoms with van der Waals surface area (Å²) in [5, 5.41) is 5.68. The molecule has 7 nitrogen and oxygen atoms in total. The van der Waals surface area contributed by atoms with Gasteiger partial charge in [0.25, 0.3) is 0 Å². The van der Waals surface area contributed by atoms with Crippen LogP contribution in [0.4, 0.5) is 10.6 Å². The molecule has 7 heteroatoms. The molecule has 1 saturated heterocycles. The number of nitrogens with one attached hydrogen (secondary N) is 2. The lowest BCUT2D eigenvalue weighted by atomic mass is 10.1. The summed E-state index contributed by atoms with van der Waals surface area (Å²) in [4.78, 5) is 30.2. The number of primary amides is 1. The molecule has 1 fully saturated rings. The highest BCUT2D eigenvalue weighted by atomic mass is 16.2. The number of hydrogen-bond donors (Lipinski definition) is 3. The van der Waals surface area contributed by atoms with Crippen molar-refractivity contribution in [1.82, 2.24) is 15.6 Å². The summed E-state index contributed by atoms with van der Waals surface area (Å²) in [5.41, 5.74) is 7.53. The third-order valence-corrected chi connectivity index (χ3v) is 4.63. The fourth-order valence-corrected chi connectivity index (χ4v) is 3.21. The number of carbonyl (C=O) groups is 2. The van der Waals surface area contributed by atoms with Crippen molar-refractivity contribution >= 4 is 17.8 Å². The van der Waals surface area contributed by atoms with E-state index in [1.165, 1.54) is 19.3 Å². The quantitative estimate of drug-likeness (QED) is 0.728. The zero-order chi connectivity index (χ0) is 19.1. The minimum Gasteiger partial charge on any atom is -0.366 e. The van der Waals surface area contributed by atoms with Gasteiger partial charge in [-0.05, 0) is 43.0 Å². The van der Waals surface area contributed by atoms with E-state index in [9.17, 15) is 9.59 Å². The van der Waals surface area contributed by atoms with Gasteiger partial charge in [0.05, 0.1) is 0 Å². The molecule has 0 unspecified atom stereocenters. The first-order valence-electron chi connectivity index (χ1n) is 9.23. The van der Waals surface area contributed by atoms with Crippen molar-refractivity contribution in [3.63, 3.8) is 0 Å². The Labute approximate surface area is 159 Å². The highest BCUT2D eigenvalue weighted by Crippen LogP contribution is 2.21. The van der Waals surface area contributed by atoms with Crippen molar-refractivity contribution in [1.29, 1.82) is 0 Å². The minimum atomic E-state index is -0.483. The number of nitrogens with two attached hydrogens (primary N) is 1. The first-order chi connectivity index (χ1) is 13.1. The minimum absolute atomic E-state index is 0.270. The largest absolute Gasteiger partial charge is 0.366 e. The molecule has 1 aromatic heterocycles. The number of pyridine rings is 1. The lowest BCUT2D eigenvalue weighted by Gasteiger charge is -2.29. The number of piperidine rings is 1. The monoisotopic (exact) mass is 367 g/mol. The molecule has 0 aliphatic carbocycles. The molecule has 2 heterocycles. The topological polar surface area (TPSA) is 100 Å². The van der Waals surface area contributed by atoms with Gasteiger partial charge >= 0.3 is 6.03 Å². The van der Waals surface area contributed by atoms with E-state index in [-0.39, 0.29) is 6.03 Å². The SMILES string of the molecule is NC(=O)c1cccc(CNC(=O)NCc2cccnc2N2CCCCC2)c1. The number of aromatic nitrogens is 1. The Morgan fingerprint density at radius 3 is 2.59 bits per heavy atom. The summed E-state index contributed by atoms with van der Waals surface area (Å²) in [5.74, 6) is 0.467. The predicted octanol–water partition coefficient (Wildman–Crippen LogP) is 2.17. The molecule has 0 bridgehead atoms. The molecule has 1 aromatic carbocycles. The highest BCUT2D eigenvalue weighted by molar-refractivity contribution is 5.92. The molecule has 3 amide bonds. The maximum atomic E-state index is 12.1. The number of amides is 3. The third kappa shape index (κ3) is 5.20. The summed E-state index contributed by atoms with van der Waals surface area (Å²) >= 11 is 0. The zero-order valence-corrected chi connectivity index (χ0v) is 15.3. The maximum absolute atomic E-state index is 12.1. The summed E-state index contributed by atoms with van der Waals surface area (Å²) in [6.45, 7) is 2.74. The number of carbonyl (C=O) groups excluding carboxylic acids is 2. The summed E-state index contributed by atoms with van der Waals surface area (Å²) in [6.07, 6.45) is 5.40. The zero-order valence-electron chi connectivity index (χ0n) is 15.3. The molecule has 0 radical (unpaired) electrons. The molecule has 1 aliphatic rings. The fourth-order valence-electron chi connectivity index (χ4n) is 3.21. The van der Waals surface area contributed by atoms with E-state index in [1.807, 2.05) is 18.2 Å². The van der Waals surface area contributed by atoms with Gasteiger partial charge in [-0.3, -0.25) is 4.79 Å². The van der Waals surface area contributed by atoms with Crippen molar-refractivity contribution in [3.8, 4) is 0 Å². The van der Waals surface area contributed by atoms with Gasteiger partial charge in [-0.1, -0.05) is 18.2 Å². The van der Waals surface area contributed by atoms with E-state index < -0.39 is 5.91 Å².